The van der Waals surface area contributed by atoms with Gasteiger partial charge in [0.1, 0.15) is 0 Å². The number of hydrogen-bond acceptors (Lipinski definition) is 3. The maximum absolute atomic E-state index is 5.45. The molecule has 0 N–H and O–H groups in total. The molecule has 0 aromatic heterocycles. The van der Waals surface area contributed by atoms with Crippen LogP contribution in [0.15, 0.2) is 0 Å². The molecule has 0 spiro atoms. The van der Waals surface area contributed by atoms with Crippen LogP contribution in [0.5, 0.6) is 0 Å². The quantitative estimate of drug-likeness (QED) is 0.519. The van der Waals surface area contributed by atoms with Gasteiger partial charge in [-0.3, -0.25) is 0 Å². The van der Waals surface area contributed by atoms with Crippen LogP contribution in [0.2, 0.25) is 0 Å². The van der Waals surface area contributed by atoms with E-state index in [1.807, 2.05) is 11.8 Å². The fraction of sp³-hybridized carbons (Fsp3) is 1.00. The summed E-state index contributed by atoms with van der Waals surface area (Å²) in [6, 6.07) is 0. The van der Waals surface area contributed by atoms with Crippen LogP contribution in [-0.4, -0.2) is 30.0 Å². The van der Waals surface area contributed by atoms with Gasteiger partial charge in [0, 0.05) is 18.1 Å². The first kappa shape index (κ1) is 8.75. The lowest BCUT2D eigenvalue weighted by Gasteiger charge is -2.06. The molecular formula is C7H14OS2. The second-order valence-electron chi connectivity index (χ2n) is 2.43. The van der Waals surface area contributed by atoms with Gasteiger partial charge in [0.25, 0.3) is 0 Å². The van der Waals surface area contributed by atoms with Gasteiger partial charge in [-0.05, 0) is 18.6 Å². The summed E-state index contributed by atoms with van der Waals surface area (Å²) < 4.78 is 5.45. The van der Waals surface area contributed by atoms with Crippen LogP contribution in [0.3, 0.4) is 0 Å². The Morgan fingerprint density at radius 2 is 2.50 bits per heavy atom. The van der Waals surface area contributed by atoms with Gasteiger partial charge in [-0.25, -0.2) is 0 Å². The summed E-state index contributed by atoms with van der Waals surface area (Å²) >= 11 is 6.08. The van der Waals surface area contributed by atoms with Crippen molar-refractivity contribution in [2.45, 2.75) is 18.9 Å². The van der Waals surface area contributed by atoms with Gasteiger partial charge < -0.3 is 4.74 Å². The van der Waals surface area contributed by atoms with Crippen LogP contribution >= 0.6 is 24.4 Å². The molecule has 1 heterocycles. The molecule has 0 radical (unpaired) electrons. The summed E-state index contributed by atoms with van der Waals surface area (Å²) in [7, 11) is 0. The fourth-order valence-electron chi connectivity index (χ4n) is 1.06. The average Bonchev–Trinajstić information content (AvgIpc) is 2.41. The molecule has 0 bridgehead atoms. The van der Waals surface area contributed by atoms with Crippen molar-refractivity contribution < 1.29 is 4.74 Å². The van der Waals surface area contributed by atoms with Gasteiger partial charge in [-0.1, -0.05) is 0 Å². The van der Waals surface area contributed by atoms with E-state index in [1.54, 1.807) is 0 Å². The Morgan fingerprint density at radius 1 is 1.60 bits per heavy atom. The second kappa shape index (κ2) is 5.33. The van der Waals surface area contributed by atoms with Crippen LogP contribution in [0.1, 0.15) is 12.8 Å². The summed E-state index contributed by atoms with van der Waals surface area (Å²) in [6.45, 7) is 0.978. The van der Waals surface area contributed by atoms with Crippen molar-refractivity contribution in [3.05, 3.63) is 0 Å². The van der Waals surface area contributed by atoms with E-state index in [9.17, 15) is 0 Å². The van der Waals surface area contributed by atoms with Gasteiger partial charge in [0.05, 0.1) is 6.10 Å². The van der Waals surface area contributed by atoms with Crippen molar-refractivity contribution in [1.29, 1.82) is 0 Å². The van der Waals surface area contributed by atoms with E-state index in [0.717, 1.165) is 18.1 Å². The van der Waals surface area contributed by atoms with E-state index < -0.39 is 0 Å². The zero-order chi connectivity index (χ0) is 7.23. The van der Waals surface area contributed by atoms with Crippen molar-refractivity contribution in [1.82, 2.24) is 0 Å². The van der Waals surface area contributed by atoms with Gasteiger partial charge in [-0.15, -0.1) is 0 Å². The van der Waals surface area contributed by atoms with E-state index in [-0.39, 0.29) is 0 Å². The van der Waals surface area contributed by atoms with E-state index in [2.05, 4.69) is 12.6 Å². The monoisotopic (exact) mass is 178 g/mol. The minimum atomic E-state index is 0.546. The number of hydrogen-bond donors (Lipinski definition) is 1. The molecule has 1 unspecified atom stereocenters. The van der Waals surface area contributed by atoms with E-state index >= 15 is 0 Å². The van der Waals surface area contributed by atoms with Gasteiger partial charge in [0.15, 0.2) is 0 Å². The predicted octanol–water partition coefficient (Wildman–Crippen LogP) is 1.83. The number of thioether (sulfide) groups is 1. The zero-order valence-electron chi connectivity index (χ0n) is 6.08. The molecule has 1 atom stereocenters. The largest absolute Gasteiger partial charge is 0.377 e. The summed E-state index contributed by atoms with van der Waals surface area (Å²) in [5.74, 6) is 3.31. The summed E-state index contributed by atoms with van der Waals surface area (Å²) in [5.41, 5.74) is 0. The third-order valence-electron chi connectivity index (χ3n) is 1.56. The number of ether oxygens (including phenoxy) is 1. The third kappa shape index (κ3) is 3.17. The summed E-state index contributed by atoms with van der Waals surface area (Å²) in [6.07, 6.45) is 3.07. The molecule has 0 amide bonds. The molecule has 0 aromatic rings. The molecule has 1 rings (SSSR count). The highest BCUT2D eigenvalue weighted by Crippen LogP contribution is 2.16. The predicted molar refractivity (Wildman–Crippen MR) is 50.2 cm³/mol. The van der Waals surface area contributed by atoms with Crippen molar-refractivity contribution in [3.63, 3.8) is 0 Å². The molecule has 0 aromatic carbocycles. The second-order valence-corrected chi connectivity index (χ2v) is 4.03. The molecule has 0 aliphatic carbocycles. The normalized spacial score (nSPS) is 25.5. The SMILES string of the molecule is SCCSCC1CCCO1. The Kier molecular flexibility index (Phi) is 4.66. The van der Waals surface area contributed by atoms with Gasteiger partial charge in [-0.2, -0.15) is 24.4 Å². The summed E-state index contributed by atoms with van der Waals surface area (Å²) in [4.78, 5) is 0. The van der Waals surface area contributed by atoms with Crippen molar-refractivity contribution in [2.75, 3.05) is 23.9 Å². The third-order valence-corrected chi connectivity index (χ3v) is 3.19. The first-order chi connectivity index (χ1) is 4.93. The van der Waals surface area contributed by atoms with Gasteiger partial charge in [0.2, 0.25) is 0 Å². The van der Waals surface area contributed by atoms with Crippen LogP contribution < -0.4 is 0 Å². The van der Waals surface area contributed by atoms with Crippen molar-refractivity contribution in [3.8, 4) is 0 Å². The lowest BCUT2D eigenvalue weighted by Crippen LogP contribution is -2.08. The molecule has 1 saturated heterocycles. The molecule has 3 heteroatoms. The Bertz CT molecular complexity index is 81.7. The maximum atomic E-state index is 5.45. The molecule has 1 nitrogen and oxygen atoms in total. The lowest BCUT2D eigenvalue weighted by molar-refractivity contribution is 0.129. The minimum Gasteiger partial charge on any atom is -0.377 e. The molecule has 1 fully saturated rings. The van der Waals surface area contributed by atoms with E-state index in [4.69, 9.17) is 4.74 Å². The Labute approximate surface area is 72.3 Å². The highest BCUT2D eigenvalue weighted by molar-refractivity contribution is 8.00. The average molecular weight is 178 g/mol. The smallest absolute Gasteiger partial charge is 0.0666 e. The van der Waals surface area contributed by atoms with Crippen LogP contribution in [0.25, 0.3) is 0 Å². The molecule has 10 heavy (non-hydrogen) atoms. The first-order valence-electron chi connectivity index (χ1n) is 3.73. The van der Waals surface area contributed by atoms with Crippen LogP contribution in [-0.2, 0) is 4.74 Å². The Morgan fingerprint density at radius 3 is 3.10 bits per heavy atom. The highest BCUT2D eigenvalue weighted by Gasteiger charge is 2.14. The van der Waals surface area contributed by atoms with Gasteiger partial charge >= 0.3 is 0 Å². The highest BCUT2D eigenvalue weighted by atomic mass is 32.2. The van der Waals surface area contributed by atoms with Crippen molar-refractivity contribution in [2.24, 2.45) is 0 Å². The van der Waals surface area contributed by atoms with E-state index in [0.29, 0.717) is 6.10 Å². The first-order valence-corrected chi connectivity index (χ1v) is 5.52. The minimum absolute atomic E-state index is 0.546. The number of rotatable bonds is 4. The van der Waals surface area contributed by atoms with Crippen molar-refractivity contribution >= 4 is 24.4 Å². The standard InChI is InChI=1S/C7H14OS2/c9-4-5-10-6-7-2-1-3-8-7/h7,9H,1-6H2. The maximum Gasteiger partial charge on any atom is 0.0666 e. The Balaban J connectivity index is 1.91. The van der Waals surface area contributed by atoms with Crippen LogP contribution in [0.4, 0.5) is 0 Å². The Hall–Kier alpha value is 0.660. The van der Waals surface area contributed by atoms with Crippen LogP contribution in [0, 0.1) is 0 Å². The molecule has 1 aliphatic heterocycles. The fourth-order valence-corrected chi connectivity index (χ4v) is 2.26. The zero-order valence-corrected chi connectivity index (χ0v) is 7.79. The molecule has 60 valence electrons. The number of thiol groups is 1. The molecule has 0 saturated carbocycles. The molecular weight excluding hydrogens is 164 g/mol. The lowest BCUT2D eigenvalue weighted by atomic mass is 10.3. The summed E-state index contributed by atoms with van der Waals surface area (Å²) in [5, 5.41) is 0. The molecule has 1 aliphatic rings. The topological polar surface area (TPSA) is 9.23 Å². The van der Waals surface area contributed by atoms with E-state index in [1.165, 1.54) is 18.6 Å².